The van der Waals surface area contributed by atoms with Crippen molar-refractivity contribution in [3.8, 4) is 0 Å². The second kappa shape index (κ2) is 8.21. The van der Waals surface area contributed by atoms with Gasteiger partial charge in [0.05, 0.1) is 10.8 Å². The molecule has 8 heteroatoms. The van der Waals surface area contributed by atoms with E-state index in [9.17, 15) is 18.0 Å². The lowest BCUT2D eigenvalue weighted by Gasteiger charge is -2.32. The SMILES string of the molecule is CC(C)N(C)S(=O)(=O)c1ccc(NC(=O)C2CCCN(C(=O)C3CC3)C2)cc1. The average molecular weight is 408 g/mol. The van der Waals surface area contributed by atoms with Crippen molar-refractivity contribution in [2.45, 2.75) is 50.5 Å². The van der Waals surface area contributed by atoms with Crippen LogP contribution in [0.2, 0.25) is 0 Å². The molecule has 1 unspecified atom stereocenters. The number of amides is 2. The zero-order valence-electron chi connectivity index (χ0n) is 16.7. The highest BCUT2D eigenvalue weighted by atomic mass is 32.2. The molecule has 154 valence electrons. The van der Waals surface area contributed by atoms with Gasteiger partial charge in [-0.25, -0.2) is 8.42 Å². The van der Waals surface area contributed by atoms with Crippen molar-refractivity contribution >= 4 is 27.5 Å². The van der Waals surface area contributed by atoms with Gasteiger partial charge in [-0.1, -0.05) is 0 Å². The number of rotatable bonds is 6. The predicted molar refractivity (Wildman–Crippen MR) is 107 cm³/mol. The zero-order valence-corrected chi connectivity index (χ0v) is 17.5. The lowest BCUT2D eigenvalue weighted by Crippen LogP contribution is -2.44. The van der Waals surface area contributed by atoms with Crippen molar-refractivity contribution < 1.29 is 18.0 Å². The minimum absolute atomic E-state index is 0.122. The highest BCUT2D eigenvalue weighted by Crippen LogP contribution is 2.32. The molecule has 0 bridgehead atoms. The summed E-state index contributed by atoms with van der Waals surface area (Å²) in [6, 6.07) is 6.09. The first-order valence-corrected chi connectivity index (χ1v) is 11.3. The molecule has 1 aliphatic heterocycles. The number of carbonyl (C=O) groups is 2. The number of anilines is 1. The second-order valence-electron chi connectivity index (χ2n) is 8.03. The Labute approximate surface area is 167 Å². The van der Waals surface area contributed by atoms with Gasteiger partial charge in [0.25, 0.3) is 0 Å². The van der Waals surface area contributed by atoms with E-state index in [4.69, 9.17) is 0 Å². The molecule has 2 amide bonds. The monoisotopic (exact) mass is 407 g/mol. The largest absolute Gasteiger partial charge is 0.342 e. The van der Waals surface area contributed by atoms with Gasteiger partial charge in [0.1, 0.15) is 0 Å². The van der Waals surface area contributed by atoms with Crippen LogP contribution in [0.3, 0.4) is 0 Å². The Bertz CT molecular complexity index is 832. The van der Waals surface area contributed by atoms with Gasteiger partial charge in [-0.2, -0.15) is 4.31 Å². The summed E-state index contributed by atoms with van der Waals surface area (Å²) in [4.78, 5) is 26.9. The van der Waals surface area contributed by atoms with Gasteiger partial charge in [0.2, 0.25) is 21.8 Å². The van der Waals surface area contributed by atoms with E-state index in [-0.39, 0.29) is 34.6 Å². The fourth-order valence-corrected chi connectivity index (χ4v) is 4.75. The van der Waals surface area contributed by atoms with Crippen LogP contribution in [-0.2, 0) is 19.6 Å². The van der Waals surface area contributed by atoms with E-state index in [1.165, 1.54) is 16.4 Å². The van der Waals surface area contributed by atoms with Crippen LogP contribution in [0.15, 0.2) is 29.2 Å². The Morgan fingerprint density at radius 1 is 1.11 bits per heavy atom. The second-order valence-corrected chi connectivity index (χ2v) is 10.0. The Hall–Kier alpha value is -1.93. The third-order valence-electron chi connectivity index (χ3n) is 5.56. The van der Waals surface area contributed by atoms with Gasteiger partial charge in [0, 0.05) is 37.8 Å². The molecular weight excluding hydrogens is 378 g/mol. The van der Waals surface area contributed by atoms with Gasteiger partial charge in [-0.15, -0.1) is 0 Å². The van der Waals surface area contributed by atoms with Crippen LogP contribution >= 0.6 is 0 Å². The molecule has 0 spiro atoms. The van der Waals surface area contributed by atoms with Crippen LogP contribution in [0.5, 0.6) is 0 Å². The first-order valence-electron chi connectivity index (χ1n) is 9.88. The molecule has 0 radical (unpaired) electrons. The van der Waals surface area contributed by atoms with Crippen molar-refractivity contribution in [2.24, 2.45) is 11.8 Å². The summed E-state index contributed by atoms with van der Waals surface area (Å²) in [6.45, 7) is 4.82. The molecule has 1 aliphatic carbocycles. The number of carbonyl (C=O) groups excluding carboxylic acids is 2. The van der Waals surface area contributed by atoms with E-state index in [2.05, 4.69) is 5.32 Å². The number of likely N-dealkylation sites (tertiary alicyclic amines) is 1. The lowest BCUT2D eigenvalue weighted by atomic mass is 9.96. The topological polar surface area (TPSA) is 86.8 Å². The molecule has 1 saturated heterocycles. The van der Waals surface area contributed by atoms with E-state index in [0.29, 0.717) is 12.2 Å². The number of benzene rings is 1. The summed E-state index contributed by atoms with van der Waals surface area (Å²) in [5.41, 5.74) is 0.557. The lowest BCUT2D eigenvalue weighted by molar-refractivity contribution is -0.135. The molecule has 7 nitrogen and oxygen atoms in total. The maximum Gasteiger partial charge on any atom is 0.243 e. The summed E-state index contributed by atoms with van der Waals surface area (Å²) < 4.78 is 26.3. The van der Waals surface area contributed by atoms with Gasteiger partial charge in [-0.3, -0.25) is 9.59 Å². The molecule has 1 aromatic rings. The van der Waals surface area contributed by atoms with Crippen LogP contribution in [0.4, 0.5) is 5.69 Å². The highest BCUT2D eigenvalue weighted by Gasteiger charge is 2.36. The Morgan fingerprint density at radius 2 is 1.75 bits per heavy atom. The van der Waals surface area contributed by atoms with Crippen molar-refractivity contribution in [3.05, 3.63) is 24.3 Å². The van der Waals surface area contributed by atoms with Crippen LogP contribution in [-0.4, -0.2) is 55.6 Å². The molecule has 1 atom stereocenters. The molecule has 1 heterocycles. The number of piperidine rings is 1. The number of hydrogen-bond acceptors (Lipinski definition) is 4. The van der Waals surface area contributed by atoms with E-state index >= 15 is 0 Å². The van der Waals surface area contributed by atoms with E-state index in [1.807, 2.05) is 18.7 Å². The average Bonchev–Trinajstić information content (AvgIpc) is 3.52. The zero-order chi connectivity index (χ0) is 20.5. The van der Waals surface area contributed by atoms with Crippen molar-refractivity contribution in [1.82, 2.24) is 9.21 Å². The van der Waals surface area contributed by atoms with E-state index in [0.717, 1.165) is 32.2 Å². The summed E-state index contributed by atoms with van der Waals surface area (Å²) in [7, 11) is -2.00. The Kier molecular flexibility index (Phi) is 6.09. The van der Waals surface area contributed by atoms with Crippen LogP contribution in [0, 0.1) is 11.8 Å². The van der Waals surface area contributed by atoms with Gasteiger partial charge >= 0.3 is 0 Å². The van der Waals surface area contributed by atoms with Crippen LogP contribution in [0.1, 0.15) is 39.5 Å². The maximum atomic E-state index is 12.6. The molecule has 1 aromatic carbocycles. The highest BCUT2D eigenvalue weighted by molar-refractivity contribution is 7.89. The summed E-state index contributed by atoms with van der Waals surface area (Å²) >= 11 is 0. The summed E-state index contributed by atoms with van der Waals surface area (Å²) in [6.07, 6.45) is 3.52. The number of sulfonamides is 1. The third-order valence-corrected chi connectivity index (χ3v) is 7.60. The van der Waals surface area contributed by atoms with E-state index < -0.39 is 10.0 Å². The molecule has 3 rings (SSSR count). The van der Waals surface area contributed by atoms with Crippen molar-refractivity contribution in [1.29, 1.82) is 0 Å². The number of nitrogens with zero attached hydrogens (tertiary/aromatic N) is 2. The molecule has 2 fully saturated rings. The quantitative estimate of drug-likeness (QED) is 0.784. The minimum Gasteiger partial charge on any atom is -0.342 e. The van der Waals surface area contributed by atoms with E-state index in [1.54, 1.807) is 19.2 Å². The van der Waals surface area contributed by atoms with Gasteiger partial charge < -0.3 is 10.2 Å². The molecule has 1 N–H and O–H groups in total. The predicted octanol–water partition coefficient (Wildman–Crippen LogP) is 2.30. The van der Waals surface area contributed by atoms with Gasteiger partial charge in [0.15, 0.2) is 0 Å². The smallest absolute Gasteiger partial charge is 0.243 e. The first-order chi connectivity index (χ1) is 13.2. The molecule has 1 saturated carbocycles. The molecule has 0 aromatic heterocycles. The fourth-order valence-electron chi connectivity index (χ4n) is 3.38. The fraction of sp³-hybridized carbons (Fsp3) is 0.600. The third kappa shape index (κ3) is 4.55. The van der Waals surface area contributed by atoms with Crippen LogP contribution < -0.4 is 5.32 Å². The van der Waals surface area contributed by atoms with Crippen molar-refractivity contribution in [3.63, 3.8) is 0 Å². The number of nitrogens with one attached hydrogen (secondary N) is 1. The van der Waals surface area contributed by atoms with Crippen LogP contribution in [0.25, 0.3) is 0 Å². The molecular formula is C20H29N3O4S. The maximum absolute atomic E-state index is 12.6. The Balaban J connectivity index is 1.62. The number of hydrogen-bond donors (Lipinski definition) is 1. The van der Waals surface area contributed by atoms with Crippen molar-refractivity contribution in [2.75, 3.05) is 25.5 Å². The van der Waals surface area contributed by atoms with Gasteiger partial charge in [-0.05, 0) is 63.8 Å². The normalized spacial score (nSPS) is 20.5. The molecule has 28 heavy (non-hydrogen) atoms. The summed E-state index contributed by atoms with van der Waals surface area (Å²) in [5.74, 6) is -0.00302. The first kappa shape index (κ1) is 20.8. The molecule has 2 aliphatic rings. The standard InChI is InChI=1S/C20H29N3O4S/c1-14(2)22(3)28(26,27)18-10-8-17(9-11-18)21-19(24)16-5-4-12-23(13-16)20(25)15-6-7-15/h8-11,14-16H,4-7,12-13H2,1-3H3,(H,21,24). The summed E-state index contributed by atoms with van der Waals surface area (Å²) in [5, 5.41) is 2.86. The minimum atomic E-state index is -3.55. The Morgan fingerprint density at radius 3 is 2.32 bits per heavy atom.